The number of hydrogen-bond donors (Lipinski definition) is 2. The first kappa shape index (κ1) is 41.2. The van der Waals surface area contributed by atoms with Crippen LogP contribution in [0.25, 0.3) is 45.1 Å². The van der Waals surface area contributed by atoms with Crippen LogP contribution in [-0.4, -0.2) is 144 Å². The van der Waals surface area contributed by atoms with Gasteiger partial charge in [-0.15, -0.1) is 0 Å². The summed E-state index contributed by atoms with van der Waals surface area (Å²) in [6.07, 6.45) is 3.48. The third kappa shape index (κ3) is 11.8. The van der Waals surface area contributed by atoms with E-state index in [1.807, 2.05) is 65.6 Å². The van der Waals surface area contributed by atoms with Crippen LogP contribution in [0.15, 0.2) is 82.0 Å². The highest BCUT2D eigenvalue weighted by Crippen LogP contribution is 2.25. The van der Waals surface area contributed by atoms with Gasteiger partial charge in [-0.1, -0.05) is 0 Å². The van der Waals surface area contributed by atoms with Gasteiger partial charge in [0.25, 0.3) is 0 Å². The lowest BCUT2D eigenvalue weighted by Gasteiger charge is -2.34. The highest BCUT2D eigenvalue weighted by molar-refractivity contribution is 9.10. The lowest BCUT2D eigenvalue weighted by molar-refractivity contribution is -0.130. The average molecular weight is 894 g/mol. The zero-order chi connectivity index (χ0) is 39.3. The third-order valence-corrected chi connectivity index (χ3v) is 10.1. The second-order valence-electron chi connectivity index (χ2n) is 13.1. The second-order valence-corrected chi connectivity index (χ2v) is 15.0. The molecule has 1 aliphatic heterocycles. The Labute approximate surface area is 343 Å². The minimum absolute atomic E-state index is 0.156. The molecule has 16 heteroatoms. The van der Waals surface area contributed by atoms with E-state index in [4.69, 9.17) is 18.9 Å². The third-order valence-electron chi connectivity index (χ3n) is 9.26. The van der Waals surface area contributed by atoms with Crippen LogP contribution >= 0.6 is 31.9 Å². The lowest BCUT2D eigenvalue weighted by atomic mass is 10.2. The maximum absolute atomic E-state index is 11.4. The Morgan fingerprint density at radius 1 is 0.696 bits per heavy atom. The number of nitrogens with one attached hydrogen (secondary N) is 2. The molecular formula is C40H47Br2N9O5. The van der Waals surface area contributed by atoms with Crippen LogP contribution in [0.1, 0.15) is 6.92 Å². The number of amides is 1. The van der Waals surface area contributed by atoms with Crippen molar-refractivity contribution >= 4 is 60.1 Å². The van der Waals surface area contributed by atoms with Gasteiger partial charge in [0.15, 0.2) is 11.3 Å². The number of carbonyl (C=O) groups excluding carboxylic acids is 1. The first-order valence-corrected chi connectivity index (χ1v) is 20.0. The minimum atomic E-state index is 0.156. The number of hydrogen-bond acceptors (Lipinski definition) is 11. The molecule has 1 amide bonds. The van der Waals surface area contributed by atoms with Crippen LogP contribution in [0.4, 0.5) is 0 Å². The molecule has 4 aromatic heterocycles. The van der Waals surface area contributed by atoms with Crippen molar-refractivity contribution < 1.29 is 23.7 Å². The van der Waals surface area contributed by atoms with Gasteiger partial charge < -0.3 is 33.8 Å². The maximum Gasteiger partial charge on any atom is 0.219 e. The molecule has 1 fully saturated rings. The summed E-state index contributed by atoms with van der Waals surface area (Å²) in [6, 6.07) is 19.7. The largest absolute Gasteiger partial charge is 0.492 e. The Bertz CT molecular complexity index is 2130. The summed E-state index contributed by atoms with van der Waals surface area (Å²) >= 11 is 6.85. The highest BCUT2D eigenvalue weighted by Gasteiger charge is 2.18. The van der Waals surface area contributed by atoms with Gasteiger partial charge in [0.05, 0.1) is 24.2 Å². The molecule has 5 heterocycles. The van der Waals surface area contributed by atoms with E-state index >= 15 is 0 Å². The molecule has 296 valence electrons. The van der Waals surface area contributed by atoms with E-state index in [1.165, 1.54) is 0 Å². The number of rotatable bonds is 16. The molecule has 0 atom stereocenters. The number of H-pyrrole nitrogens is 2. The zero-order valence-electron chi connectivity index (χ0n) is 31.8. The second kappa shape index (κ2) is 20.6. The highest BCUT2D eigenvalue weighted by atomic mass is 79.9. The van der Waals surface area contributed by atoms with Crippen LogP contribution in [0.3, 0.4) is 0 Å². The minimum Gasteiger partial charge on any atom is -0.492 e. The number of aromatic nitrogens is 6. The fourth-order valence-corrected chi connectivity index (χ4v) is 6.75. The first-order chi connectivity index (χ1) is 27.3. The molecule has 1 saturated heterocycles. The van der Waals surface area contributed by atoms with E-state index in [1.54, 1.807) is 33.5 Å². The smallest absolute Gasteiger partial charge is 0.219 e. The number of benzene rings is 2. The average Bonchev–Trinajstić information content (AvgIpc) is 3.84. The van der Waals surface area contributed by atoms with Crippen LogP contribution in [-0.2, 0) is 14.3 Å². The van der Waals surface area contributed by atoms with Crippen molar-refractivity contribution in [3.8, 4) is 34.3 Å². The van der Waals surface area contributed by atoms with Crippen molar-refractivity contribution in [3.05, 3.63) is 82.0 Å². The number of nitrogens with zero attached hydrogens (tertiary/aromatic N) is 7. The Hall–Kier alpha value is -4.45. The summed E-state index contributed by atoms with van der Waals surface area (Å²) in [5, 5.41) is 0. The van der Waals surface area contributed by atoms with Gasteiger partial charge in [0, 0.05) is 106 Å². The monoisotopic (exact) mass is 891 g/mol. The lowest BCUT2D eigenvalue weighted by Crippen LogP contribution is -2.48. The van der Waals surface area contributed by atoms with Crippen molar-refractivity contribution in [1.82, 2.24) is 44.6 Å². The predicted octanol–water partition coefficient (Wildman–Crippen LogP) is 6.29. The zero-order valence-corrected chi connectivity index (χ0v) is 35.0. The van der Waals surface area contributed by atoms with Crippen LogP contribution in [0.2, 0.25) is 0 Å². The van der Waals surface area contributed by atoms with Crippen LogP contribution in [0, 0.1) is 0 Å². The number of fused-ring (bicyclic) bond motifs is 2. The Balaban J connectivity index is 0.000000190. The van der Waals surface area contributed by atoms with Crippen molar-refractivity contribution in [2.45, 2.75) is 6.92 Å². The molecule has 0 spiro atoms. The molecule has 7 rings (SSSR count). The number of carbonyl (C=O) groups is 1. The molecule has 0 saturated carbocycles. The van der Waals surface area contributed by atoms with Crippen molar-refractivity contribution in [1.29, 1.82) is 0 Å². The molecule has 1 aliphatic rings. The van der Waals surface area contributed by atoms with Gasteiger partial charge in [0.2, 0.25) is 5.91 Å². The molecule has 0 radical (unpaired) electrons. The summed E-state index contributed by atoms with van der Waals surface area (Å²) < 4.78 is 23.9. The number of ether oxygens (including phenoxy) is 4. The number of pyridine rings is 2. The summed E-state index contributed by atoms with van der Waals surface area (Å²) in [5.74, 6) is 3.40. The first-order valence-electron chi connectivity index (χ1n) is 18.4. The SMILES string of the molecule is CC(=O)N1CCN(CCOc2ccc(-c3nc4ncc(Br)cc4[nH]3)cc2)CC1.COCCN(CCOC)CCOc1ccc(-c2nc3ncc(Br)cc3[nH]2)cc1. The molecule has 6 aromatic rings. The Morgan fingerprint density at radius 3 is 1.62 bits per heavy atom. The molecule has 0 unspecified atom stereocenters. The van der Waals surface area contributed by atoms with E-state index in [2.05, 4.69) is 71.6 Å². The van der Waals surface area contributed by atoms with Crippen LogP contribution in [0.5, 0.6) is 11.5 Å². The normalized spacial score (nSPS) is 13.3. The maximum atomic E-state index is 11.4. The number of halogens is 2. The topological polar surface area (TPSA) is 147 Å². The number of piperazine rings is 1. The molecule has 2 aromatic carbocycles. The van der Waals surface area contributed by atoms with Gasteiger partial charge in [-0.3, -0.25) is 14.6 Å². The molecule has 0 bridgehead atoms. The van der Waals surface area contributed by atoms with E-state index in [-0.39, 0.29) is 5.91 Å². The van der Waals surface area contributed by atoms with Crippen molar-refractivity contribution in [3.63, 3.8) is 0 Å². The van der Waals surface area contributed by atoms with E-state index in [0.29, 0.717) is 37.7 Å². The quantitative estimate of drug-likeness (QED) is 0.113. The van der Waals surface area contributed by atoms with Crippen molar-refractivity contribution in [2.75, 3.05) is 93.0 Å². The van der Waals surface area contributed by atoms with Crippen molar-refractivity contribution in [2.24, 2.45) is 0 Å². The summed E-state index contributed by atoms with van der Waals surface area (Å²) in [7, 11) is 3.42. The van der Waals surface area contributed by atoms with Gasteiger partial charge >= 0.3 is 0 Å². The number of aromatic amines is 2. The van der Waals surface area contributed by atoms with Crippen LogP contribution < -0.4 is 9.47 Å². The molecule has 14 nitrogen and oxygen atoms in total. The predicted molar refractivity (Wildman–Crippen MR) is 224 cm³/mol. The standard InChI is InChI=1S/C20H22BrN5O2.C20H25BrN4O3/c1-14(27)26-8-6-25(7-9-26)10-11-28-17-4-2-15(3-5-17)19-23-18-12-16(21)13-22-20(18)24-19;1-26-10-7-25(8-11-27-2)9-12-28-17-5-3-15(4-6-17)19-23-18-13-16(21)14-22-20(18)24-19/h2-5,12-13H,6-11H2,1H3,(H,22,23,24);3-6,13-14H,7-12H2,1-2H3,(H,22,23,24). The molecule has 0 aliphatic carbocycles. The van der Waals surface area contributed by atoms with Gasteiger partial charge in [-0.2, -0.15) is 0 Å². The summed E-state index contributed by atoms with van der Waals surface area (Å²) in [4.78, 5) is 42.1. The Morgan fingerprint density at radius 2 is 1.16 bits per heavy atom. The molecule has 56 heavy (non-hydrogen) atoms. The van der Waals surface area contributed by atoms with Gasteiger partial charge in [0.1, 0.15) is 36.4 Å². The number of imidazole rings is 2. The Kier molecular flexibility index (Phi) is 15.2. The summed E-state index contributed by atoms with van der Waals surface area (Å²) in [6.45, 7) is 11.0. The summed E-state index contributed by atoms with van der Waals surface area (Å²) in [5.41, 5.74) is 5.17. The van der Waals surface area contributed by atoms with E-state index in [9.17, 15) is 4.79 Å². The van der Waals surface area contributed by atoms with Gasteiger partial charge in [-0.05, 0) is 92.5 Å². The van der Waals surface area contributed by atoms with E-state index in [0.717, 1.165) is 107 Å². The molecular weight excluding hydrogens is 846 g/mol. The fourth-order valence-electron chi connectivity index (χ4n) is 6.09. The van der Waals surface area contributed by atoms with E-state index < -0.39 is 0 Å². The van der Waals surface area contributed by atoms with Gasteiger partial charge in [-0.25, -0.2) is 19.9 Å². The molecule has 2 N–H and O–H groups in total. The fraction of sp³-hybridized carbons (Fsp3) is 0.375. The number of methoxy groups -OCH3 is 2.